The van der Waals surface area contributed by atoms with Gasteiger partial charge in [0.1, 0.15) is 5.75 Å². The van der Waals surface area contributed by atoms with Crippen molar-refractivity contribution in [1.29, 1.82) is 0 Å². The van der Waals surface area contributed by atoms with Crippen LogP contribution in [0.1, 0.15) is 58.8 Å². The summed E-state index contributed by atoms with van der Waals surface area (Å²) in [5, 5.41) is 0. The van der Waals surface area contributed by atoms with Crippen LogP contribution in [0.2, 0.25) is 0 Å². The Bertz CT molecular complexity index is 562. The molecular weight excluding hydrogens is 310 g/mol. The molecule has 1 aliphatic rings. The summed E-state index contributed by atoms with van der Waals surface area (Å²) in [5.41, 5.74) is 0. The van der Waals surface area contributed by atoms with E-state index >= 15 is 0 Å². The molecule has 2 rings (SSSR count). The van der Waals surface area contributed by atoms with E-state index in [-0.39, 0.29) is 6.04 Å². The summed E-state index contributed by atoms with van der Waals surface area (Å²) >= 11 is 0. The van der Waals surface area contributed by atoms with Crippen molar-refractivity contribution in [2.24, 2.45) is 0 Å². The molecule has 1 saturated carbocycles. The van der Waals surface area contributed by atoms with E-state index in [1.807, 2.05) is 6.92 Å². The number of unbranched alkanes of at least 4 members (excludes halogenated alkanes) is 1. The van der Waals surface area contributed by atoms with Crippen molar-refractivity contribution >= 4 is 10.0 Å². The van der Waals surface area contributed by atoms with Crippen LogP contribution in [0.5, 0.6) is 5.75 Å². The Hall–Kier alpha value is -1.07. The van der Waals surface area contributed by atoms with E-state index in [2.05, 4.69) is 6.92 Å². The highest BCUT2D eigenvalue weighted by Gasteiger charge is 2.30. The standard InChI is InChI=1S/C18H29NO3S/c1-3-5-15-22-17-11-13-18(14-12-17)23(20,21)19(4-2)16-9-7-6-8-10-16/h11-14,16H,3-10,15H2,1-2H3. The Labute approximate surface area is 140 Å². The molecule has 23 heavy (non-hydrogen) atoms. The zero-order valence-corrected chi connectivity index (χ0v) is 15.1. The van der Waals surface area contributed by atoms with Gasteiger partial charge in [0.05, 0.1) is 11.5 Å². The highest BCUT2D eigenvalue weighted by molar-refractivity contribution is 7.89. The molecule has 130 valence electrons. The van der Waals surface area contributed by atoms with Gasteiger partial charge in [0.2, 0.25) is 10.0 Å². The molecule has 0 aliphatic heterocycles. The van der Waals surface area contributed by atoms with Crippen LogP contribution in [0.3, 0.4) is 0 Å². The van der Waals surface area contributed by atoms with Crippen molar-refractivity contribution in [2.45, 2.75) is 69.7 Å². The Morgan fingerprint density at radius 3 is 2.30 bits per heavy atom. The number of ether oxygens (including phenoxy) is 1. The fourth-order valence-electron chi connectivity index (χ4n) is 3.17. The third-order valence-corrected chi connectivity index (χ3v) is 6.53. The Balaban J connectivity index is 2.10. The fraction of sp³-hybridized carbons (Fsp3) is 0.667. The summed E-state index contributed by atoms with van der Waals surface area (Å²) in [6.07, 6.45) is 7.51. The number of hydrogen-bond donors (Lipinski definition) is 0. The van der Waals surface area contributed by atoms with Crippen LogP contribution in [0.25, 0.3) is 0 Å². The minimum absolute atomic E-state index is 0.152. The van der Waals surface area contributed by atoms with Gasteiger partial charge in [-0.15, -0.1) is 0 Å². The first kappa shape index (κ1) is 18.3. The van der Waals surface area contributed by atoms with Crippen LogP contribution >= 0.6 is 0 Å². The Kier molecular flexibility index (Phi) is 6.90. The van der Waals surface area contributed by atoms with Gasteiger partial charge in [-0.3, -0.25) is 0 Å². The summed E-state index contributed by atoms with van der Waals surface area (Å²) in [5.74, 6) is 0.734. The minimum atomic E-state index is -3.41. The zero-order valence-electron chi connectivity index (χ0n) is 14.3. The van der Waals surface area contributed by atoms with Crippen LogP contribution in [0.15, 0.2) is 29.2 Å². The van der Waals surface area contributed by atoms with Gasteiger partial charge < -0.3 is 4.74 Å². The van der Waals surface area contributed by atoms with E-state index in [4.69, 9.17) is 4.74 Å². The lowest BCUT2D eigenvalue weighted by atomic mass is 9.95. The van der Waals surface area contributed by atoms with Crippen molar-refractivity contribution < 1.29 is 13.2 Å². The highest BCUT2D eigenvalue weighted by atomic mass is 32.2. The van der Waals surface area contributed by atoms with Gasteiger partial charge in [0.25, 0.3) is 0 Å². The number of nitrogens with zero attached hydrogens (tertiary/aromatic N) is 1. The van der Waals surface area contributed by atoms with Gasteiger partial charge >= 0.3 is 0 Å². The van der Waals surface area contributed by atoms with Crippen molar-refractivity contribution in [3.05, 3.63) is 24.3 Å². The molecule has 0 spiro atoms. The smallest absolute Gasteiger partial charge is 0.243 e. The minimum Gasteiger partial charge on any atom is -0.494 e. The average Bonchev–Trinajstić information content (AvgIpc) is 2.57. The third-order valence-electron chi connectivity index (χ3n) is 4.49. The second-order valence-corrected chi connectivity index (χ2v) is 8.06. The summed E-state index contributed by atoms with van der Waals surface area (Å²) in [4.78, 5) is 0.368. The number of benzene rings is 1. The molecule has 0 unspecified atom stereocenters. The number of rotatable bonds is 8. The van der Waals surface area contributed by atoms with Crippen molar-refractivity contribution in [3.63, 3.8) is 0 Å². The second-order valence-electron chi connectivity index (χ2n) is 6.17. The maximum absolute atomic E-state index is 12.9. The molecule has 1 fully saturated rings. The largest absolute Gasteiger partial charge is 0.494 e. The highest BCUT2D eigenvalue weighted by Crippen LogP contribution is 2.28. The molecule has 0 aromatic heterocycles. The predicted octanol–water partition coefficient (Wildman–Crippen LogP) is 4.21. The van der Waals surface area contributed by atoms with Crippen LogP contribution in [0, 0.1) is 0 Å². The van der Waals surface area contributed by atoms with Gasteiger partial charge in [-0.25, -0.2) is 8.42 Å². The third kappa shape index (κ3) is 4.70. The van der Waals surface area contributed by atoms with Crippen molar-refractivity contribution in [3.8, 4) is 5.75 Å². The molecule has 0 atom stereocenters. The van der Waals surface area contributed by atoms with Crippen LogP contribution < -0.4 is 4.74 Å². The maximum Gasteiger partial charge on any atom is 0.243 e. The molecular formula is C18H29NO3S. The monoisotopic (exact) mass is 339 g/mol. The lowest BCUT2D eigenvalue weighted by Gasteiger charge is -2.32. The lowest BCUT2D eigenvalue weighted by Crippen LogP contribution is -2.41. The molecule has 1 aliphatic carbocycles. The Morgan fingerprint density at radius 2 is 1.74 bits per heavy atom. The fourth-order valence-corrected chi connectivity index (χ4v) is 4.87. The molecule has 5 heteroatoms. The van der Waals surface area contributed by atoms with E-state index in [1.165, 1.54) is 6.42 Å². The molecule has 1 aromatic carbocycles. The quantitative estimate of drug-likeness (QED) is 0.667. The number of hydrogen-bond acceptors (Lipinski definition) is 3. The molecule has 0 bridgehead atoms. The first-order chi connectivity index (χ1) is 11.1. The summed E-state index contributed by atoms with van der Waals surface area (Å²) < 4.78 is 33.1. The van der Waals surface area contributed by atoms with E-state index in [1.54, 1.807) is 28.6 Å². The molecule has 0 radical (unpaired) electrons. The molecule has 0 saturated heterocycles. The van der Waals surface area contributed by atoms with Gasteiger partial charge in [0.15, 0.2) is 0 Å². The van der Waals surface area contributed by atoms with Gasteiger partial charge in [-0.05, 0) is 43.5 Å². The summed E-state index contributed by atoms with van der Waals surface area (Å²) in [7, 11) is -3.41. The van der Waals surface area contributed by atoms with Crippen LogP contribution in [0.4, 0.5) is 0 Å². The first-order valence-electron chi connectivity index (χ1n) is 8.84. The predicted molar refractivity (Wildman–Crippen MR) is 93.3 cm³/mol. The summed E-state index contributed by atoms with van der Waals surface area (Å²) in [6.45, 7) is 5.24. The SMILES string of the molecule is CCCCOc1ccc(S(=O)(=O)N(CC)C2CCCCC2)cc1. The van der Waals surface area contributed by atoms with Crippen LogP contribution in [-0.2, 0) is 10.0 Å². The van der Waals surface area contributed by atoms with Gasteiger partial charge in [-0.2, -0.15) is 4.31 Å². The van der Waals surface area contributed by atoms with Crippen molar-refractivity contribution in [1.82, 2.24) is 4.31 Å². The molecule has 0 heterocycles. The molecule has 0 amide bonds. The van der Waals surface area contributed by atoms with E-state index in [0.29, 0.717) is 18.0 Å². The molecule has 0 N–H and O–H groups in total. The van der Waals surface area contributed by atoms with Gasteiger partial charge in [-0.1, -0.05) is 39.5 Å². The zero-order chi connectivity index (χ0) is 16.7. The molecule has 4 nitrogen and oxygen atoms in total. The maximum atomic E-state index is 12.9. The average molecular weight is 340 g/mol. The van der Waals surface area contributed by atoms with E-state index in [9.17, 15) is 8.42 Å². The van der Waals surface area contributed by atoms with E-state index in [0.717, 1.165) is 44.3 Å². The van der Waals surface area contributed by atoms with Crippen LogP contribution in [-0.4, -0.2) is 31.9 Å². The lowest BCUT2D eigenvalue weighted by molar-refractivity contribution is 0.261. The van der Waals surface area contributed by atoms with Crippen molar-refractivity contribution in [2.75, 3.05) is 13.2 Å². The van der Waals surface area contributed by atoms with E-state index < -0.39 is 10.0 Å². The first-order valence-corrected chi connectivity index (χ1v) is 10.3. The topological polar surface area (TPSA) is 46.6 Å². The normalized spacial score (nSPS) is 16.7. The summed E-state index contributed by atoms with van der Waals surface area (Å²) in [6, 6.07) is 7.01. The number of sulfonamides is 1. The second kappa shape index (κ2) is 8.69. The van der Waals surface area contributed by atoms with Gasteiger partial charge in [0, 0.05) is 12.6 Å². The Morgan fingerprint density at radius 1 is 1.09 bits per heavy atom. The molecule has 1 aromatic rings.